The van der Waals surface area contributed by atoms with Gasteiger partial charge in [0, 0.05) is 25.6 Å². The van der Waals surface area contributed by atoms with Gasteiger partial charge in [-0.1, -0.05) is 6.92 Å². The van der Waals surface area contributed by atoms with Crippen LogP contribution in [0.3, 0.4) is 0 Å². The predicted molar refractivity (Wildman–Crippen MR) is 68.2 cm³/mol. The van der Waals surface area contributed by atoms with Crippen LogP contribution in [0.25, 0.3) is 0 Å². The first-order valence-corrected chi connectivity index (χ1v) is 6.06. The van der Waals surface area contributed by atoms with Gasteiger partial charge in [-0.3, -0.25) is 4.79 Å². The average Bonchev–Trinajstić information content (AvgIpc) is 2.17. The van der Waals surface area contributed by atoms with Crippen LogP contribution in [0.15, 0.2) is 0 Å². The smallest absolute Gasteiger partial charge is 0.223 e. The molecule has 0 aliphatic heterocycles. The predicted octanol–water partition coefficient (Wildman–Crippen LogP) is 0.770. The maximum absolute atomic E-state index is 12.0. The highest BCUT2D eigenvalue weighted by Crippen LogP contribution is 2.08. The Morgan fingerprint density at radius 1 is 1.31 bits per heavy atom. The lowest BCUT2D eigenvalue weighted by Crippen LogP contribution is -2.44. The molecule has 0 rings (SSSR count). The second kappa shape index (κ2) is 7.63. The van der Waals surface area contributed by atoms with Gasteiger partial charge in [-0.15, -0.1) is 0 Å². The second-order valence-corrected chi connectivity index (χ2v) is 4.84. The molecule has 0 aliphatic rings. The van der Waals surface area contributed by atoms with Crippen LogP contribution in [0.4, 0.5) is 0 Å². The van der Waals surface area contributed by atoms with E-state index >= 15 is 0 Å². The number of amides is 1. The van der Waals surface area contributed by atoms with Crippen LogP contribution in [0, 0.1) is 5.92 Å². The van der Waals surface area contributed by atoms with Crippen LogP contribution in [0.1, 0.15) is 27.2 Å². The molecule has 0 bridgehead atoms. The van der Waals surface area contributed by atoms with Crippen molar-refractivity contribution in [3.8, 4) is 0 Å². The van der Waals surface area contributed by atoms with E-state index in [0.717, 1.165) is 13.1 Å². The molecule has 0 fully saturated rings. The molecule has 0 aromatic rings. The van der Waals surface area contributed by atoms with Crippen LogP contribution in [0.2, 0.25) is 0 Å². The zero-order valence-electron chi connectivity index (χ0n) is 11.4. The molecule has 0 saturated heterocycles. The molecule has 0 heterocycles. The molecule has 1 amide bonds. The van der Waals surface area contributed by atoms with Crippen molar-refractivity contribution < 1.29 is 4.79 Å². The first kappa shape index (κ1) is 15.4. The van der Waals surface area contributed by atoms with E-state index in [1.165, 1.54) is 0 Å². The lowest BCUT2D eigenvalue weighted by atomic mass is 10.1. The van der Waals surface area contributed by atoms with Gasteiger partial charge in [-0.05, 0) is 40.4 Å². The lowest BCUT2D eigenvalue weighted by Gasteiger charge is -2.31. The molecular weight excluding hydrogens is 202 g/mol. The van der Waals surface area contributed by atoms with E-state index in [2.05, 4.69) is 11.8 Å². The molecule has 0 aliphatic carbocycles. The minimum atomic E-state index is 0.217. The Balaban J connectivity index is 4.30. The third kappa shape index (κ3) is 5.47. The van der Waals surface area contributed by atoms with E-state index in [0.29, 0.717) is 13.0 Å². The van der Waals surface area contributed by atoms with Crippen molar-refractivity contribution in [3.05, 3.63) is 0 Å². The first-order valence-electron chi connectivity index (χ1n) is 6.06. The van der Waals surface area contributed by atoms with Gasteiger partial charge in [0.2, 0.25) is 5.91 Å². The summed E-state index contributed by atoms with van der Waals surface area (Å²) in [5.74, 6) is 0.489. The maximum Gasteiger partial charge on any atom is 0.223 e. The Kier molecular flexibility index (Phi) is 7.34. The van der Waals surface area contributed by atoms with Gasteiger partial charge in [-0.25, -0.2) is 0 Å². The fourth-order valence-electron chi connectivity index (χ4n) is 1.86. The quantitative estimate of drug-likeness (QED) is 0.701. The van der Waals surface area contributed by atoms with E-state index in [-0.39, 0.29) is 17.9 Å². The Morgan fingerprint density at radius 3 is 2.25 bits per heavy atom. The highest BCUT2D eigenvalue weighted by Gasteiger charge is 2.20. The molecule has 96 valence electrons. The van der Waals surface area contributed by atoms with Crippen molar-refractivity contribution in [1.82, 2.24) is 9.80 Å². The van der Waals surface area contributed by atoms with E-state index in [1.807, 2.05) is 32.8 Å². The molecule has 4 heteroatoms. The van der Waals surface area contributed by atoms with Crippen molar-refractivity contribution in [2.75, 3.05) is 33.7 Å². The van der Waals surface area contributed by atoms with Crippen molar-refractivity contribution in [2.24, 2.45) is 11.7 Å². The standard InChI is InChI=1S/C12H27N3O/c1-6-15(11(3)9-14(4)5)12(16)7-10(2)8-13/h10-11H,6-9,13H2,1-5H3. The molecule has 0 radical (unpaired) electrons. The van der Waals surface area contributed by atoms with Crippen LogP contribution in [-0.2, 0) is 4.79 Å². The van der Waals surface area contributed by atoms with Crippen molar-refractivity contribution in [3.63, 3.8) is 0 Å². The summed E-state index contributed by atoms with van der Waals surface area (Å²) in [7, 11) is 4.05. The normalized spacial score (nSPS) is 14.9. The summed E-state index contributed by atoms with van der Waals surface area (Å²) in [6.45, 7) is 8.38. The van der Waals surface area contributed by atoms with Crippen LogP contribution < -0.4 is 5.73 Å². The van der Waals surface area contributed by atoms with E-state index < -0.39 is 0 Å². The monoisotopic (exact) mass is 229 g/mol. The van der Waals surface area contributed by atoms with E-state index in [1.54, 1.807) is 0 Å². The molecule has 4 nitrogen and oxygen atoms in total. The zero-order chi connectivity index (χ0) is 12.7. The summed E-state index contributed by atoms with van der Waals surface area (Å²) in [6.07, 6.45) is 0.558. The number of carbonyl (C=O) groups excluding carboxylic acids is 1. The van der Waals surface area contributed by atoms with E-state index in [9.17, 15) is 4.79 Å². The number of nitrogens with two attached hydrogens (primary N) is 1. The number of nitrogens with zero attached hydrogens (tertiary/aromatic N) is 2. The lowest BCUT2D eigenvalue weighted by molar-refractivity contribution is -0.134. The van der Waals surface area contributed by atoms with Gasteiger partial charge in [0.05, 0.1) is 0 Å². The molecule has 2 atom stereocenters. The van der Waals surface area contributed by atoms with Gasteiger partial charge in [-0.2, -0.15) is 0 Å². The molecule has 0 spiro atoms. The Labute approximate surface area is 99.8 Å². The molecule has 0 aromatic heterocycles. The molecule has 16 heavy (non-hydrogen) atoms. The summed E-state index contributed by atoms with van der Waals surface area (Å²) in [6, 6.07) is 0.262. The molecule has 0 aromatic carbocycles. The van der Waals surface area contributed by atoms with Crippen molar-refractivity contribution in [1.29, 1.82) is 0 Å². The van der Waals surface area contributed by atoms with Gasteiger partial charge in [0.25, 0.3) is 0 Å². The molecule has 0 saturated carbocycles. The molecule has 2 N–H and O–H groups in total. The second-order valence-electron chi connectivity index (χ2n) is 4.84. The minimum absolute atomic E-state index is 0.217. The summed E-state index contributed by atoms with van der Waals surface area (Å²) >= 11 is 0. The molecular formula is C12H27N3O. The highest BCUT2D eigenvalue weighted by molar-refractivity contribution is 5.76. The maximum atomic E-state index is 12.0. The van der Waals surface area contributed by atoms with Gasteiger partial charge >= 0.3 is 0 Å². The van der Waals surface area contributed by atoms with Crippen LogP contribution in [0.5, 0.6) is 0 Å². The largest absolute Gasteiger partial charge is 0.339 e. The van der Waals surface area contributed by atoms with Gasteiger partial charge in [0.1, 0.15) is 0 Å². The third-order valence-corrected chi connectivity index (χ3v) is 2.75. The topological polar surface area (TPSA) is 49.6 Å². The Bertz CT molecular complexity index is 206. The number of hydrogen-bond acceptors (Lipinski definition) is 3. The van der Waals surface area contributed by atoms with Gasteiger partial charge in [0.15, 0.2) is 0 Å². The van der Waals surface area contributed by atoms with Crippen molar-refractivity contribution in [2.45, 2.75) is 33.2 Å². The fourth-order valence-corrected chi connectivity index (χ4v) is 1.86. The van der Waals surface area contributed by atoms with Crippen LogP contribution in [-0.4, -0.2) is 55.5 Å². The third-order valence-electron chi connectivity index (χ3n) is 2.75. The summed E-state index contributed by atoms with van der Waals surface area (Å²) in [4.78, 5) is 16.1. The van der Waals surface area contributed by atoms with Gasteiger partial charge < -0.3 is 15.5 Å². The van der Waals surface area contributed by atoms with Crippen molar-refractivity contribution >= 4 is 5.91 Å². The minimum Gasteiger partial charge on any atom is -0.339 e. The SMILES string of the molecule is CCN(C(=O)CC(C)CN)C(C)CN(C)C. The number of likely N-dealkylation sites (N-methyl/N-ethyl adjacent to an activating group) is 2. The van der Waals surface area contributed by atoms with E-state index in [4.69, 9.17) is 5.73 Å². The fraction of sp³-hybridized carbons (Fsp3) is 0.917. The Morgan fingerprint density at radius 2 is 1.88 bits per heavy atom. The van der Waals surface area contributed by atoms with Crippen LogP contribution >= 0.6 is 0 Å². The summed E-state index contributed by atoms with van der Waals surface area (Å²) in [5, 5.41) is 0. The summed E-state index contributed by atoms with van der Waals surface area (Å²) in [5.41, 5.74) is 5.54. The summed E-state index contributed by atoms with van der Waals surface area (Å²) < 4.78 is 0. The highest BCUT2D eigenvalue weighted by atomic mass is 16.2. The Hall–Kier alpha value is -0.610. The zero-order valence-corrected chi connectivity index (χ0v) is 11.4. The number of rotatable bonds is 7. The number of carbonyl (C=O) groups is 1. The molecule has 2 unspecified atom stereocenters. The first-order chi connectivity index (χ1) is 7.42. The number of hydrogen-bond donors (Lipinski definition) is 1. The average molecular weight is 229 g/mol.